The molecule has 0 aliphatic rings. The van der Waals surface area contributed by atoms with Crippen LogP contribution >= 0.6 is 11.3 Å². The Labute approximate surface area is 120 Å². The van der Waals surface area contributed by atoms with E-state index in [9.17, 15) is 9.59 Å². The van der Waals surface area contributed by atoms with Gasteiger partial charge in [0.1, 0.15) is 4.88 Å². The Morgan fingerprint density at radius 1 is 1.50 bits per heavy atom. The molecular formula is C13H15N3O3S. The van der Waals surface area contributed by atoms with Gasteiger partial charge in [-0.15, -0.1) is 11.3 Å². The van der Waals surface area contributed by atoms with Crippen molar-refractivity contribution in [2.24, 2.45) is 7.05 Å². The maximum absolute atomic E-state index is 12.0. The molecule has 2 rings (SSSR count). The smallest absolute Gasteiger partial charge is 0.348 e. The Morgan fingerprint density at radius 2 is 2.25 bits per heavy atom. The summed E-state index contributed by atoms with van der Waals surface area (Å²) < 4.78 is 6.51. The van der Waals surface area contributed by atoms with E-state index < -0.39 is 0 Å². The van der Waals surface area contributed by atoms with E-state index >= 15 is 0 Å². The number of nitrogens with one attached hydrogen (secondary N) is 1. The number of carbonyl (C=O) groups is 2. The van der Waals surface area contributed by atoms with Crippen LogP contribution in [-0.2, 0) is 11.8 Å². The Morgan fingerprint density at radius 3 is 2.85 bits per heavy atom. The number of amides is 1. The van der Waals surface area contributed by atoms with E-state index in [-0.39, 0.29) is 11.9 Å². The molecule has 6 nitrogen and oxygen atoms in total. The molecular weight excluding hydrogens is 278 g/mol. The number of anilines is 1. The maximum atomic E-state index is 12.0. The summed E-state index contributed by atoms with van der Waals surface area (Å²) in [5, 5.41) is 7.30. The summed E-state index contributed by atoms with van der Waals surface area (Å²) in [7, 11) is 1.74. The lowest BCUT2D eigenvalue weighted by Gasteiger charge is -1.99. The van der Waals surface area contributed by atoms with Crippen LogP contribution in [0.4, 0.5) is 5.00 Å². The summed E-state index contributed by atoms with van der Waals surface area (Å²) in [6.45, 7) is 3.89. The molecule has 0 atom stereocenters. The summed E-state index contributed by atoms with van der Waals surface area (Å²) in [6, 6.07) is 1.76. The summed E-state index contributed by atoms with van der Waals surface area (Å²) in [5.41, 5.74) is 1.26. The van der Waals surface area contributed by atoms with E-state index in [1.165, 1.54) is 17.5 Å². The van der Waals surface area contributed by atoms with Crippen molar-refractivity contribution < 1.29 is 14.3 Å². The van der Waals surface area contributed by atoms with Crippen molar-refractivity contribution >= 4 is 28.2 Å². The first-order valence-electron chi connectivity index (χ1n) is 6.08. The molecule has 0 saturated carbocycles. The highest BCUT2D eigenvalue weighted by molar-refractivity contribution is 7.18. The second kappa shape index (κ2) is 5.87. The van der Waals surface area contributed by atoms with Crippen LogP contribution < -0.4 is 5.32 Å². The molecule has 0 aromatic carbocycles. The fourth-order valence-electron chi connectivity index (χ4n) is 1.67. The predicted octanol–water partition coefficient (Wildman–Crippen LogP) is 2.22. The number of nitrogens with zero attached hydrogens (tertiary/aromatic N) is 2. The molecule has 0 aliphatic heterocycles. The zero-order chi connectivity index (χ0) is 14.7. The van der Waals surface area contributed by atoms with Crippen LogP contribution in [0.15, 0.2) is 18.5 Å². The first-order valence-corrected chi connectivity index (χ1v) is 6.90. The quantitative estimate of drug-likeness (QED) is 0.877. The van der Waals surface area contributed by atoms with Gasteiger partial charge in [0.25, 0.3) is 5.91 Å². The predicted molar refractivity (Wildman–Crippen MR) is 76.2 cm³/mol. The van der Waals surface area contributed by atoms with Crippen molar-refractivity contribution in [3.63, 3.8) is 0 Å². The van der Waals surface area contributed by atoms with Crippen molar-refractivity contribution in [1.82, 2.24) is 9.78 Å². The molecule has 0 radical (unpaired) electrons. The van der Waals surface area contributed by atoms with Crippen LogP contribution in [0.5, 0.6) is 0 Å². The largest absolute Gasteiger partial charge is 0.462 e. The molecule has 0 saturated heterocycles. The van der Waals surface area contributed by atoms with Crippen LogP contribution in [0.2, 0.25) is 0 Å². The average Bonchev–Trinajstić information content (AvgIpc) is 2.96. The normalized spacial score (nSPS) is 10.3. The number of carbonyl (C=O) groups excluding carboxylic acids is 2. The zero-order valence-corrected chi connectivity index (χ0v) is 12.3. The summed E-state index contributed by atoms with van der Waals surface area (Å²) in [4.78, 5) is 24.2. The van der Waals surface area contributed by atoms with Gasteiger partial charge < -0.3 is 10.1 Å². The van der Waals surface area contributed by atoms with E-state index in [0.717, 1.165) is 5.56 Å². The monoisotopic (exact) mass is 293 g/mol. The molecule has 0 spiro atoms. The lowest BCUT2D eigenvalue weighted by atomic mass is 10.3. The Bertz CT molecular complexity index is 645. The highest BCUT2D eigenvalue weighted by Crippen LogP contribution is 2.27. The molecule has 0 unspecified atom stereocenters. The van der Waals surface area contributed by atoms with Crippen LogP contribution in [0.3, 0.4) is 0 Å². The molecule has 1 amide bonds. The summed E-state index contributed by atoms with van der Waals surface area (Å²) in [6.07, 6.45) is 3.12. The van der Waals surface area contributed by atoms with Crippen molar-refractivity contribution in [3.05, 3.63) is 34.5 Å². The van der Waals surface area contributed by atoms with Gasteiger partial charge in [0.05, 0.1) is 23.4 Å². The van der Waals surface area contributed by atoms with Gasteiger partial charge >= 0.3 is 5.97 Å². The van der Waals surface area contributed by atoms with E-state index in [1.807, 2.05) is 6.92 Å². The zero-order valence-electron chi connectivity index (χ0n) is 11.5. The van der Waals surface area contributed by atoms with Crippen LogP contribution in [0.1, 0.15) is 32.5 Å². The number of rotatable bonds is 4. The lowest BCUT2D eigenvalue weighted by molar-refractivity contribution is 0.0531. The number of hydrogen-bond acceptors (Lipinski definition) is 5. The first-order chi connectivity index (χ1) is 9.51. The fourth-order valence-corrected chi connectivity index (χ4v) is 2.63. The SMILES string of the molecule is CCOC(=O)c1sc(NC(=O)c2cnn(C)c2)cc1C. The van der Waals surface area contributed by atoms with Gasteiger partial charge in [-0.1, -0.05) is 0 Å². The van der Waals surface area contributed by atoms with Crippen molar-refractivity contribution in [1.29, 1.82) is 0 Å². The molecule has 2 aromatic heterocycles. The number of aromatic nitrogens is 2. The third-order valence-electron chi connectivity index (χ3n) is 2.58. The third kappa shape index (κ3) is 3.05. The van der Waals surface area contributed by atoms with Gasteiger partial charge in [0, 0.05) is 13.2 Å². The fraction of sp³-hybridized carbons (Fsp3) is 0.308. The van der Waals surface area contributed by atoms with Crippen molar-refractivity contribution in [2.75, 3.05) is 11.9 Å². The number of esters is 1. The molecule has 2 aromatic rings. The minimum atomic E-state index is -0.364. The summed E-state index contributed by atoms with van der Waals surface area (Å²) in [5.74, 6) is -0.619. The molecule has 0 aliphatic carbocycles. The van der Waals surface area contributed by atoms with Gasteiger partial charge in [-0.2, -0.15) is 5.10 Å². The van der Waals surface area contributed by atoms with Crippen LogP contribution in [-0.4, -0.2) is 28.3 Å². The number of thiophene rings is 1. The second-order valence-electron chi connectivity index (χ2n) is 4.20. The first kappa shape index (κ1) is 14.3. The van der Waals surface area contributed by atoms with Crippen molar-refractivity contribution in [2.45, 2.75) is 13.8 Å². The van der Waals surface area contributed by atoms with Crippen LogP contribution in [0, 0.1) is 6.92 Å². The number of ether oxygens (including phenoxy) is 1. The Kier molecular flexibility index (Phi) is 4.19. The van der Waals surface area contributed by atoms with E-state index in [4.69, 9.17) is 4.74 Å². The van der Waals surface area contributed by atoms with Gasteiger partial charge in [-0.3, -0.25) is 9.48 Å². The molecule has 2 heterocycles. The van der Waals surface area contributed by atoms with Crippen LogP contribution in [0.25, 0.3) is 0 Å². The molecule has 106 valence electrons. The maximum Gasteiger partial charge on any atom is 0.348 e. The second-order valence-corrected chi connectivity index (χ2v) is 5.25. The molecule has 7 heteroatoms. The number of aryl methyl sites for hydroxylation is 2. The third-order valence-corrected chi connectivity index (χ3v) is 3.71. The highest BCUT2D eigenvalue weighted by atomic mass is 32.1. The number of hydrogen-bond donors (Lipinski definition) is 1. The Balaban J connectivity index is 2.12. The topological polar surface area (TPSA) is 73.2 Å². The lowest BCUT2D eigenvalue weighted by Crippen LogP contribution is -2.09. The van der Waals surface area contributed by atoms with Gasteiger partial charge in [-0.25, -0.2) is 4.79 Å². The highest BCUT2D eigenvalue weighted by Gasteiger charge is 2.16. The average molecular weight is 293 g/mol. The molecule has 0 fully saturated rings. The standard InChI is InChI=1S/C13H15N3O3S/c1-4-19-13(18)11-8(2)5-10(20-11)15-12(17)9-6-14-16(3)7-9/h5-7H,4H2,1-3H3,(H,15,17). The minimum absolute atomic E-state index is 0.255. The molecule has 0 bridgehead atoms. The van der Waals surface area contributed by atoms with Crippen molar-refractivity contribution in [3.8, 4) is 0 Å². The molecule has 20 heavy (non-hydrogen) atoms. The van der Waals surface area contributed by atoms with E-state index in [1.54, 1.807) is 30.9 Å². The van der Waals surface area contributed by atoms with Gasteiger partial charge in [-0.05, 0) is 25.5 Å². The Hall–Kier alpha value is -2.15. The van der Waals surface area contributed by atoms with E-state index in [2.05, 4.69) is 10.4 Å². The van der Waals surface area contributed by atoms with Gasteiger partial charge in [0.15, 0.2) is 0 Å². The molecule has 1 N–H and O–H groups in total. The van der Waals surface area contributed by atoms with Gasteiger partial charge in [0.2, 0.25) is 0 Å². The van der Waals surface area contributed by atoms with E-state index in [0.29, 0.717) is 22.0 Å². The summed E-state index contributed by atoms with van der Waals surface area (Å²) >= 11 is 1.20. The minimum Gasteiger partial charge on any atom is -0.462 e.